The van der Waals surface area contributed by atoms with Crippen LogP contribution in [0.1, 0.15) is 153 Å². The van der Waals surface area contributed by atoms with Gasteiger partial charge in [0.15, 0.2) is 6.29 Å². The van der Waals surface area contributed by atoms with Gasteiger partial charge in [0.2, 0.25) is 5.88 Å². The molecule has 0 saturated heterocycles. The molecule has 1 N–H and O–H groups in total. The zero-order valence-electron chi connectivity index (χ0n) is 21.8. The van der Waals surface area contributed by atoms with E-state index < -0.39 is 0 Å². The topological polar surface area (TPSA) is 64.2 Å². The van der Waals surface area contributed by atoms with E-state index in [-0.39, 0.29) is 17.0 Å². The van der Waals surface area contributed by atoms with Crippen LogP contribution in [0.3, 0.4) is 0 Å². The molecule has 1 heterocycles. The molecule has 0 aromatic carbocycles. The molecule has 0 saturated carbocycles. The standard InChI is InChI=1S/C28H52N2O3/c1-3-5-7-9-11-13-15-17-19-21-23-29-27(32)26(25-31)28(33)30(29)24-22-20-18-16-14-12-10-8-6-4-2/h25,32H,3-24H2,1-2H3. The highest BCUT2D eigenvalue weighted by Gasteiger charge is 2.18. The minimum atomic E-state index is -0.342. The predicted octanol–water partition coefficient (Wildman–Crippen LogP) is 8.01. The van der Waals surface area contributed by atoms with Crippen LogP contribution in [0, 0.1) is 0 Å². The summed E-state index contributed by atoms with van der Waals surface area (Å²) in [5, 5.41) is 10.4. The molecule has 1 aromatic rings. The monoisotopic (exact) mass is 464 g/mol. The molecule has 5 heteroatoms. The lowest BCUT2D eigenvalue weighted by Crippen LogP contribution is -2.24. The highest BCUT2D eigenvalue weighted by molar-refractivity contribution is 5.77. The fraction of sp³-hybridized carbons (Fsp3) is 0.857. The van der Waals surface area contributed by atoms with Crippen molar-refractivity contribution in [1.82, 2.24) is 9.36 Å². The van der Waals surface area contributed by atoms with Crippen LogP contribution in [-0.4, -0.2) is 20.8 Å². The van der Waals surface area contributed by atoms with Crippen molar-refractivity contribution in [2.24, 2.45) is 0 Å². The molecular formula is C28H52N2O3. The summed E-state index contributed by atoms with van der Waals surface area (Å²) >= 11 is 0. The first kappa shape index (κ1) is 29.5. The number of nitrogens with zero attached hydrogens (tertiary/aromatic N) is 2. The summed E-state index contributed by atoms with van der Waals surface area (Å²) in [6, 6.07) is 0. The quantitative estimate of drug-likeness (QED) is 0.132. The second-order valence-corrected chi connectivity index (χ2v) is 9.77. The Kier molecular flexibility index (Phi) is 17.8. The highest BCUT2D eigenvalue weighted by atomic mass is 16.3. The van der Waals surface area contributed by atoms with E-state index in [2.05, 4.69) is 13.8 Å². The van der Waals surface area contributed by atoms with E-state index >= 15 is 0 Å². The van der Waals surface area contributed by atoms with Gasteiger partial charge in [0, 0.05) is 13.1 Å². The Morgan fingerprint density at radius 3 is 1.27 bits per heavy atom. The minimum Gasteiger partial charge on any atom is -0.493 e. The Balaban J connectivity index is 2.30. The molecule has 0 aliphatic rings. The van der Waals surface area contributed by atoms with Gasteiger partial charge in [0.05, 0.1) is 0 Å². The zero-order chi connectivity index (χ0) is 24.2. The van der Waals surface area contributed by atoms with E-state index in [1.807, 2.05) is 0 Å². The first-order valence-electron chi connectivity index (χ1n) is 14.1. The second kappa shape index (κ2) is 19.9. The maximum absolute atomic E-state index is 12.6. The third-order valence-corrected chi connectivity index (χ3v) is 6.81. The Morgan fingerprint density at radius 1 is 0.576 bits per heavy atom. The molecule has 0 aliphatic heterocycles. The smallest absolute Gasteiger partial charge is 0.281 e. The van der Waals surface area contributed by atoms with Crippen molar-refractivity contribution in [2.45, 2.75) is 155 Å². The lowest BCUT2D eigenvalue weighted by molar-refractivity contribution is 0.111. The second-order valence-electron chi connectivity index (χ2n) is 9.77. The molecule has 33 heavy (non-hydrogen) atoms. The molecule has 0 fully saturated rings. The van der Waals surface area contributed by atoms with Crippen LogP contribution < -0.4 is 5.56 Å². The number of carbonyl (C=O) groups excluding carboxylic acids is 1. The average Bonchev–Trinajstić information content (AvgIpc) is 3.04. The summed E-state index contributed by atoms with van der Waals surface area (Å²) in [6.45, 7) is 5.67. The van der Waals surface area contributed by atoms with Crippen LogP contribution in [0.2, 0.25) is 0 Å². The largest absolute Gasteiger partial charge is 0.493 e. The highest BCUT2D eigenvalue weighted by Crippen LogP contribution is 2.17. The molecule has 0 bridgehead atoms. The third kappa shape index (κ3) is 12.5. The van der Waals surface area contributed by atoms with Gasteiger partial charge < -0.3 is 5.11 Å². The number of rotatable bonds is 23. The van der Waals surface area contributed by atoms with Crippen molar-refractivity contribution in [3.8, 4) is 5.88 Å². The normalized spacial score (nSPS) is 11.3. The Hall–Kier alpha value is -1.52. The van der Waals surface area contributed by atoms with Gasteiger partial charge in [-0.15, -0.1) is 0 Å². The van der Waals surface area contributed by atoms with Gasteiger partial charge in [-0.25, -0.2) is 4.68 Å². The van der Waals surface area contributed by atoms with Crippen LogP contribution in [0.4, 0.5) is 0 Å². The van der Waals surface area contributed by atoms with E-state index in [1.165, 1.54) is 103 Å². The maximum atomic E-state index is 12.6. The molecule has 0 aliphatic carbocycles. The van der Waals surface area contributed by atoms with Crippen LogP contribution in [0.5, 0.6) is 5.88 Å². The molecule has 0 amide bonds. The number of carbonyl (C=O) groups is 1. The number of aromatic hydroxyl groups is 1. The maximum Gasteiger partial charge on any atom is 0.281 e. The van der Waals surface area contributed by atoms with E-state index in [9.17, 15) is 14.7 Å². The van der Waals surface area contributed by atoms with Crippen molar-refractivity contribution < 1.29 is 9.90 Å². The number of unbranched alkanes of at least 4 members (excludes halogenated alkanes) is 18. The molecule has 192 valence electrons. The average molecular weight is 465 g/mol. The van der Waals surface area contributed by atoms with Crippen LogP contribution in [0.15, 0.2) is 4.79 Å². The van der Waals surface area contributed by atoms with Gasteiger partial charge in [-0.2, -0.15) is 0 Å². The molecule has 0 atom stereocenters. The summed E-state index contributed by atoms with van der Waals surface area (Å²) in [5.74, 6) is -0.155. The number of aromatic nitrogens is 2. The fourth-order valence-corrected chi connectivity index (χ4v) is 4.65. The van der Waals surface area contributed by atoms with Crippen molar-refractivity contribution in [2.75, 3.05) is 0 Å². The molecule has 0 unspecified atom stereocenters. The summed E-state index contributed by atoms with van der Waals surface area (Å²) in [4.78, 5) is 23.9. The van der Waals surface area contributed by atoms with E-state index in [0.29, 0.717) is 19.4 Å². The van der Waals surface area contributed by atoms with Gasteiger partial charge in [0.1, 0.15) is 5.56 Å². The van der Waals surface area contributed by atoms with Crippen molar-refractivity contribution >= 4 is 6.29 Å². The van der Waals surface area contributed by atoms with Gasteiger partial charge in [-0.3, -0.25) is 14.3 Å². The first-order chi connectivity index (χ1) is 16.2. The van der Waals surface area contributed by atoms with Crippen molar-refractivity contribution in [3.63, 3.8) is 0 Å². The Labute approximate surface area is 202 Å². The molecular weight excluding hydrogens is 412 g/mol. The van der Waals surface area contributed by atoms with Crippen LogP contribution in [0.25, 0.3) is 0 Å². The van der Waals surface area contributed by atoms with Gasteiger partial charge >= 0.3 is 0 Å². The van der Waals surface area contributed by atoms with Gasteiger partial charge in [0.25, 0.3) is 5.56 Å². The Morgan fingerprint density at radius 2 is 0.909 bits per heavy atom. The fourth-order valence-electron chi connectivity index (χ4n) is 4.65. The van der Waals surface area contributed by atoms with E-state index in [4.69, 9.17) is 0 Å². The number of hydrogen-bond donors (Lipinski definition) is 1. The van der Waals surface area contributed by atoms with Crippen molar-refractivity contribution in [3.05, 3.63) is 15.9 Å². The predicted molar refractivity (Wildman–Crippen MR) is 139 cm³/mol. The third-order valence-electron chi connectivity index (χ3n) is 6.81. The SMILES string of the molecule is CCCCCCCCCCCCn1c(O)c(C=O)c(=O)n1CCCCCCCCCCCC. The van der Waals surface area contributed by atoms with Gasteiger partial charge in [-0.1, -0.05) is 129 Å². The number of aldehydes is 1. The lowest BCUT2D eigenvalue weighted by atomic mass is 10.1. The Bertz CT molecular complexity index is 663. The summed E-state index contributed by atoms with van der Waals surface area (Å²) in [6.07, 6.45) is 25.4. The minimum absolute atomic E-state index is 0.0887. The molecule has 5 nitrogen and oxygen atoms in total. The summed E-state index contributed by atoms with van der Waals surface area (Å²) in [5.41, 5.74) is -0.431. The molecule has 0 spiro atoms. The zero-order valence-corrected chi connectivity index (χ0v) is 21.8. The summed E-state index contributed by atoms with van der Waals surface area (Å²) in [7, 11) is 0. The van der Waals surface area contributed by atoms with Crippen LogP contribution in [-0.2, 0) is 13.1 Å². The summed E-state index contributed by atoms with van der Waals surface area (Å²) < 4.78 is 3.24. The first-order valence-corrected chi connectivity index (χ1v) is 14.1. The number of hydrogen-bond acceptors (Lipinski definition) is 3. The molecule has 1 rings (SSSR count). The molecule has 1 aromatic heterocycles. The lowest BCUT2D eigenvalue weighted by Gasteiger charge is -2.12. The molecule has 0 radical (unpaired) electrons. The van der Waals surface area contributed by atoms with E-state index in [0.717, 1.165) is 25.7 Å². The van der Waals surface area contributed by atoms with Crippen LogP contribution >= 0.6 is 0 Å². The van der Waals surface area contributed by atoms with Crippen molar-refractivity contribution in [1.29, 1.82) is 0 Å². The van der Waals surface area contributed by atoms with E-state index in [1.54, 1.807) is 9.36 Å². The van der Waals surface area contributed by atoms with Gasteiger partial charge in [-0.05, 0) is 12.8 Å².